The van der Waals surface area contributed by atoms with E-state index in [-0.39, 0.29) is 0 Å². The fourth-order valence-electron chi connectivity index (χ4n) is 1.66. The summed E-state index contributed by atoms with van der Waals surface area (Å²) in [4.78, 5) is 12.5. The Bertz CT molecular complexity index is 353. The molecule has 0 bridgehead atoms. The predicted octanol–water partition coefficient (Wildman–Crippen LogP) is 1.75. The highest BCUT2D eigenvalue weighted by molar-refractivity contribution is 6.32. The van der Waals surface area contributed by atoms with E-state index >= 15 is 0 Å². The van der Waals surface area contributed by atoms with E-state index in [1.807, 2.05) is 7.05 Å². The molecule has 0 aromatic carbocycles. The topological polar surface area (TPSA) is 32.3 Å². The summed E-state index contributed by atoms with van der Waals surface area (Å²) in [5.41, 5.74) is 0.933. The van der Waals surface area contributed by atoms with Crippen molar-refractivity contribution in [2.75, 3.05) is 23.5 Å². The molecule has 1 aromatic rings. The van der Waals surface area contributed by atoms with Crippen LogP contribution in [0, 0.1) is 0 Å². The van der Waals surface area contributed by atoms with Gasteiger partial charge in [0.05, 0.1) is 6.67 Å². The first kappa shape index (κ1) is 9.52. The van der Waals surface area contributed by atoms with Crippen LogP contribution in [0.5, 0.6) is 0 Å². The van der Waals surface area contributed by atoms with E-state index in [2.05, 4.69) is 33.6 Å². The van der Waals surface area contributed by atoms with Gasteiger partial charge in [0.15, 0.2) is 11.0 Å². The SMILES string of the molecule is CC(C)N1CN(C)c2c(Cl)ncnc21. The molecule has 2 heterocycles. The van der Waals surface area contributed by atoms with Crippen LogP contribution in [-0.4, -0.2) is 29.7 Å². The third-order valence-corrected chi connectivity index (χ3v) is 2.68. The summed E-state index contributed by atoms with van der Waals surface area (Å²) in [7, 11) is 2.00. The van der Waals surface area contributed by atoms with Gasteiger partial charge in [-0.05, 0) is 13.8 Å². The molecule has 0 saturated heterocycles. The molecule has 1 aromatic heterocycles. The molecular weight excluding hydrogens is 200 g/mol. The molecule has 0 unspecified atom stereocenters. The van der Waals surface area contributed by atoms with Gasteiger partial charge >= 0.3 is 0 Å². The second kappa shape index (κ2) is 3.28. The summed E-state index contributed by atoms with van der Waals surface area (Å²) in [5.74, 6) is 0.933. The van der Waals surface area contributed by atoms with Crippen molar-refractivity contribution in [3.05, 3.63) is 11.5 Å². The summed E-state index contributed by atoms with van der Waals surface area (Å²) in [5, 5.41) is 0.528. The number of anilines is 2. The van der Waals surface area contributed by atoms with E-state index < -0.39 is 0 Å². The van der Waals surface area contributed by atoms with Crippen molar-refractivity contribution in [3.63, 3.8) is 0 Å². The van der Waals surface area contributed by atoms with Crippen molar-refractivity contribution in [2.24, 2.45) is 0 Å². The largest absolute Gasteiger partial charge is 0.351 e. The predicted molar refractivity (Wildman–Crippen MR) is 57.9 cm³/mol. The molecule has 2 rings (SSSR count). The number of aromatic nitrogens is 2. The molecular formula is C9H13ClN4. The Kier molecular flexibility index (Phi) is 2.23. The smallest absolute Gasteiger partial charge is 0.158 e. The molecule has 14 heavy (non-hydrogen) atoms. The number of halogens is 1. The zero-order valence-corrected chi connectivity index (χ0v) is 9.28. The molecule has 0 fully saturated rings. The molecule has 1 aliphatic rings. The van der Waals surface area contributed by atoms with Crippen LogP contribution in [0.25, 0.3) is 0 Å². The third kappa shape index (κ3) is 1.30. The molecule has 0 radical (unpaired) electrons. The minimum atomic E-state index is 0.421. The fourth-order valence-corrected chi connectivity index (χ4v) is 1.93. The summed E-state index contributed by atoms with van der Waals surface area (Å²) in [6.45, 7) is 5.10. The van der Waals surface area contributed by atoms with Gasteiger partial charge in [-0.3, -0.25) is 0 Å². The summed E-state index contributed by atoms with van der Waals surface area (Å²) in [6, 6.07) is 0.421. The van der Waals surface area contributed by atoms with Gasteiger partial charge in [0, 0.05) is 13.1 Å². The van der Waals surface area contributed by atoms with E-state index in [9.17, 15) is 0 Å². The van der Waals surface area contributed by atoms with Crippen molar-refractivity contribution in [2.45, 2.75) is 19.9 Å². The lowest BCUT2D eigenvalue weighted by Crippen LogP contribution is -2.33. The average molecular weight is 213 g/mol. The highest BCUT2D eigenvalue weighted by atomic mass is 35.5. The van der Waals surface area contributed by atoms with Crippen LogP contribution in [0.3, 0.4) is 0 Å². The van der Waals surface area contributed by atoms with E-state index in [4.69, 9.17) is 11.6 Å². The Balaban J connectivity index is 2.49. The van der Waals surface area contributed by atoms with Crippen LogP contribution in [-0.2, 0) is 0 Å². The van der Waals surface area contributed by atoms with Gasteiger partial charge in [-0.1, -0.05) is 11.6 Å². The molecule has 0 atom stereocenters. The standard InChI is InChI=1S/C9H13ClN4/c1-6(2)14-5-13(3)7-8(10)11-4-12-9(7)14/h4,6H,5H2,1-3H3. The van der Waals surface area contributed by atoms with Gasteiger partial charge in [-0.2, -0.15) is 0 Å². The van der Waals surface area contributed by atoms with Crippen molar-refractivity contribution in [1.82, 2.24) is 9.97 Å². The van der Waals surface area contributed by atoms with Gasteiger partial charge in [0.2, 0.25) is 0 Å². The Hall–Kier alpha value is -1.03. The van der Waals surface area contributed by atoms with Gasteiger partial charge in [-0.25, -0.2) is 9.97 Å². The van der Waals surface area contributed by atoms with Crippen molar-refractivity contribution in [3.8, 4) is 0 Å². The lowest BCUT2D eigenvalue weighted by atomic mass is 10.3. The number of hydrogen-bond donors (Lipinski definition) is 0. The number of rotatable bonds is 1. The summed E-state index contributed by atoms with van der Waals surface area (Å²) in [6.07, 6.45) is 1.51. The zero-order valence-electron chi connectivity index (χ0n) is 8.53. The first-order valence-electron chi connectivity index (χ1n) is 4.59. The highest BCUT2D eigenvalue weighted by Gasteiger charge is 2.28. The molecule has 0 N–H and O–H groups in total. The van der Waals surface area contributed by atoms with E-state index in [1.54, 1.807) is 0 Å². The third-order valence-electron chi connectivity index (χ3n) is 2.40. The minimum Gasteiger partial charge on any atom is -0.351 e. The van der Waals surface area contributed by atoms with Crippen molar-refractivity contribution >= 4 is 23.1 Å². The fraction of sp³-hybridized carbons (Fsp3) is 0.556. The Morgan fingerprint density at radius 3 is 2.79 bits per heavy atom. The quantitative estimate of drug-likeness (QED) is 0.664. The Morgan fingerprint density at radius 1 is 1.43 bits per heavy atom. The second-order valence-corrected chi connectivity index (χ2v) is 4.10. The number of hydrogen-bond acceptors (Lipinski definition) is 4. The van der Waals surface area contributed by atoms with Crippen molar-refractivity contribution in [1.29, 1.82) is 0 Å². The van der Waals surface area contributed by atoms with E-state index in [0.717, 1.165) is 18.2 Å². The molecule has 4 nitrogen and oxygen atoms in total. The molecule has 0 aliphatic carbocycles. The Labute approximate surface area is 88.5 Å². The maximum absolute atomic E-state index is 6.02. The van der Waals surface area contributed by atoms with Crippen LogP contribution in [0.4, 0.5) is 11.5 Å². The molecule has 0 saturated carbocycles. The van der Waals surface area contributed by atoms with Crippen LogP contribution in [0.1, 0.15) is 13.8 Å². The molecule has 0 spiro atoms. The average Bonchev–Trinajstić information content (AvgIpc) is 2.45. The first-order chi connectivity index (χ1) is 6.61. The number of fused-ring (bicyclic) bond motifs is 1. The van der Waals surface area contributed by atoms with Gasteiger partial charge < -0.3 is 9.80 Å². The van der Waals surface area contributed by atoms with Crippen LogP contribution in [0.15, 0.2) is 6.33 Å². The van der Waals surface area contributed by atoms with Crippen LogP contribution in [0.2, 0.25) is 5.15 Å². The minimum absolute atomic E-state index is 0.421. The molecule has 0 amide bonds. The van der Waals surface area contributed by atoms with E-state index in [0.29, 0.717) is 11.2 Å². The highest BCUT2D eigenvalue weighted by Crippen LogP contribution is 2.37. The monoisotopic (exact) mass is 212 g/mol. The summed E-state index contributed by atoms with van der Waals surface area (Å²) < 4.78 is 0. The van der Waals surface area contributed by atoms with Crippen LogP contribution < -0.4 is 9.80 Å². The van der Waals surface area contributed by atoms with Crippen LogP contribution >= 0.6 is 11.6 Å². The first-order valence-corrected chi connectivity index (χ1v) is 4.97. The maximum Gasteiger partial charge on any atom is 0.158 e. The zero-order chi connectivity index (χ0) is 10.3. The molecule has 1 aliphatic heterocycles. The van der Waals surface area contributed by atoms with E-state index in [1.165, 1.54) is 6.33 Å². The lowest BCUT2D eigenvalue weighted by Gasteiger charge is -2.22. The number of nitrogens with zero attached hydrogens (tertiary/aromatic N) is 4. The lowest BCUT2D eigenvalue weighted by molar-refractivity contribution is 0.695. The second-order valence-electron chi connectivity index (χ2n) is 3.74. The Morgan fingerprint density at radius 2 is 2.14 bits per heavy atom. The van der Waals surface area contributed by atoms with Crippen molar-refractivity contribution < 1.29 is 0 Å². The van der Waals surface area contributed by atoms with Gasteiger partial charge in [0.25, 0.3) is 0 Å². The normalized spacial score (nSPS) is 15.2. The molecule has 5 heteroatoms. The van der Waals surface area contributed by atoms with Gasteiger partial charge in [0.1, 0.15) is 12.0 Å². The molecule has 76 valence electrons. The van der Waals surface area contributed by atoms with Gasteiger partial charge in [-0.15, -0.1) is 0 Å². The summed E-state index contributed by atoms with van der Waals surface area (Å²) >= 11 is 6.02. The maximum atomic E-state index is 6.02.